The topological polar surface area (TPSA) is 24.1 Å². The van der Waals surface area contributed by atoms with Crippen LogP contribution in [0.1, 0.15) is 35.2 Å². The number of aryl methyl sites for hydroxylation is 3. The first kappa shape index (κ1) is 15.6. The number of nitrogens with one attached hydrogen (secondary N) is 2. The summed E-state index contributed by atoms with van der Waals surface area (Å²) < 4.78 is 0. The van der Waals surface area contributed by atoms with Crippen LogP contribution in [0.3, 0.4) is 0 Å². The molecule has 2 aromatic rings. The zero-order valence-corrected chi connectivity index (χ0v) is 13.5. The highest BCUT2D eigenvalue weighted by atomic mass is 15.0. The summed E-state index contributed by atoms with van der Waals surface area (Å²) >= 11 is 0. The summed E-state index contributed by atoms with van der Waals surface area (Å²) in [6.07, 6.45) is 0. The minimum absolute atomic E-state index is 0.383. The molecule has 2 nitrogen and oxygen atoms in total. The molecular formula is C19H26N2. The van der Waals surface area contributed by atoms with Crippen LogP contribution in [0.25, 0.3) is 0 Å². The summed E-state index contributed by atoms with van der Waals surface area (Å²) in [7, 11) is 0. The summed E-state index contributed by atoms with van der Waals surface area (Å²) in [5, 5.41) is 7.11. The molecule has 0 saturated carbocycles. The molecule has 0 saturated heterocycles. The highest BCUT2D eigenvalue weighted by molar-refractivity contribution is 5.58. The first-order chi connectivity index (χ1) is 10.1. The van der Waals surface area contributed by atoms with Gasteiger partial charge >= 0.3 is 0 Å². The van der Waals surface area contributed by atoms with Gasteiger partial charge in [0.25, 0.3) is 0 Å². The number of hydrogen-bond donors (Lipinski definition) is 2. The van der Waals surface area contributed by atoms with Crippen LogP contribution in [0.2, 0.25) is 0 Å². The van der Waals surface area contributed by atoms with E-state index in [2.05, 4.69) is 80.8 Å². The fourth-order valence-electron chi connectivity index (χ4n) is 2.79. The molecule has 0 aliphatic heterocycles. The molecule has 0 spiro atoms. The third-order valence-corrected chi connectivity index (χ3v) is 3.85. The van der Waals surface area contributed by atoms with Gasteiger partial charge in [0.2, 0.25) is 0 Å². The second kappa shape index (κ2) is 7.28. The molecule has 1 atom stereocenters. The average Bonchev–Trinajstić information content (AvgIpc) is 2.46. The van der Waals surface area contributed by atoms with Gasteiger partial charge in [0.05, 0.1) is 0 Å². The molecule has 112 valence electrons. The number of benzene rings is 2. The molecule has 0 radical (unpaired) electrons. The molecule has 2 heteroatoms. The number of rotatable bonds is 6. The van der Waals surface area contributed by atoms with Gasteiger partial charge in [-0.3, -0.25) is 0 Å². The van der Waals surface area contributed by atoms with Crippen LogP contribution in [-0.4, -0.2) is 13.1 Å². The SMILES string of the molecule is Cc1cc(C)c(NCCN[C@H](C)c2ccccc2)c(C)c1. The quantitative estimate of drug-likeness (QED) is 0.769. The average molecular weight is 282 g/mol. The van der Waals surface area contributed by atoms with Crippen LogP contribution >= 0.6 is 0 Å². The Bertz CT molecular complexity index is 552. The lowest BCUT2D eigenvalue weighted by molar-refractivity contribution is 0.588. The second-order valence-corrected chi connectivity index (χ2v) is 5.79. The molecule has 2 aromatic carbocycles. The van der Waals surface area contributed by atoms with Gasteiger partial charge in [0.15, 0.2) is 0 Å². The van der Waals surface area contributed by atoms with E-state index in [1.807, 2.05) is 0 Å². The van der Waals surface area contributed by atoms with Crippen LogP contribution in [0.15, 0.2) is 42.5 Å². The Hall–Kier alpha value is -1.80. The Morgan fingerprint density at radius 2 is 1.52 bits per heavy atom. The smallest absolute Gasteiger partial charge is 0.0400 e. The van der Waals surface area contributed by atoms with Gasteiger partial charge in [-0.25, -0.2) is 0 Å². The molecule has 21 heavy (non-hydrogen) atoms. The molecule has 0 fully saturated rings. The lowest BCUT2D eigenvalue weighted by atomic mass is 10.1. The number of hydrogen-bond acceptors (Lipinski definition) is 2. The minimum Gasteiger partial charge on any atom is -0.383 e. The zero-order chi connectivity index (χ0) is 15.2. The van der Waals surface area contributed by atoms with Crippen molar-refractivity contribution in [3.05, 3.63) is 64.7 Å². The first-order valence-corrected chi connectivity index (χ1v) is 7.68. The monoisotopic (exact) mass is 282 g/mol. The highest BCUT2D eigenvalue weighted by Crippen LogP contribution is 2.21. The Balaban J connectivity index is 1.83. The summed E-state index contributed by atoms with van der Waals surface area (Å²) in [5.74, 6) is 0. The molecular weight excluding hydrogens is 256 g/mol. The predicted molar refractivity (Wildman–Crippen MR) is 92.0 cm³/mol. The predicted octanol–water partition coefficient (Wildman–Crippen LogP) is 4.37. The molecule has 2 N–H and O–H groups in total. The van der Waals surface area contributed by atoms with Crippen molar-refractivity contribution in [2.45, 2.75) is 33.7 Å². The lowest BCUT2D eigenvalue weighted by Gasteiger charge is -2.17. The van der Waals surface area contributed by atoms with Crippen LogP contribution in [-0.2, 0) is 0 Å². The van der Waals surface area contributed by atoms with E-state index in [-0.39, 0.29) is 0 Å². The van der Waals surface area contributed by atoms with Crippen molar-refractivity contribution in [3.8, 4) is 0 Å². The van der Waals surface area contributed by atoms with E-state index in [0.29, 0.717) is 6.04 Å². The molecule has 0 unspecified atom stereocenters. The maximum absolute atomic E-state index is 3.56. The summed E-state index contributed by atoms with van der Waals surface area (Å²) in [6, 6.07) is 15.4. The Morgan fingerprint density at radius 3 is 2.14 bits per heavy atom. The fraction of sp³-hybridized carbons (Fsp3) is 0.368. The van der Waals surface area contributed by atoms with Crippen molar-refractivity contribution in [2.24, 2.45) is 0 Å². The van der Waals surface area contributed by atoms with Gasteiger partial charge in [-0.1, -0.05) is 48.0 Å². The first-order valence-electron chi connectivity index (χ1n) is 7.68. The third kappa shape index (κ3) is 4.33. The van der Waals surface area contributed by atoms with E-state index >= 15 is 0 Å². The highest BCUT2D eigenvalue weighted by Gasteiger charge is 2.05. The standard InChI is InChI=1S/C19H26N2/c1-14-12-15(2)19(16(3)13-14)21-11-10-20-17(4)18-8-6-5-7-9-18/h5-9,12-13,17,20-21H,10-11H2,1-4H3/t17-/m1/s1. The van der Waals surface area contributed by atoms with Gasteiger partial charge in [0, 0.05) is 24.8 Å². The molecule has 0 bridgehead atoms. The third-order valence-electron chi connectivity index (χ3n) is 3.85. The maximum atomic E-state index is 3.56. The molecule has 0 aliphatic carbocycles. The van der Waals surface area contributed by atoms with Crippen molar-refractivity contribution >= 4 is 5.69 Å². The van der Waals surface area contributed by atoms with Crippen molar-refractivity contribution in [2.75, 3.05) is 18.4 Å². The van der Waals surface area contributed by atoms with Gasteiger partial charge < -0.3 is 10.6 Å². The fourth-order valence-corrected chi connectivity index (χ4v) is 2.79. The van der Waals surface area contributed by atoms with Crippen LogP contribution in [0.5, 0.6) is 0 Å². The van der Waals surface area contributed by atoms with Crippen LogP contribution in [0, 0.1) is 20.8 Å². The van der Waals surface area contributed by atoms with Crippen molar-refractivity contribution in [1.82, 2.24) is 5.32 Å². The second-order valence-electron chi connectivity index (χ2n) is 5.79. The van der Waals surface area contributed by atoms with E-state index in [0.717, 1.165) is 13.1 Å². The van der Waals surface area contributed by atoms with Crippen molar-refractivity contribution in [1.29, 1.82) is 0 Å². The van der Waals surface area contributed by atoms with E-state index in [4.69, 9.17) is 0 Å². The molecule has 0 amide bonds. The molecule has 0 aliphatic rings. The van der Waals surface area contributed by atoms with Gasteiger partial charge in [-0.2, -0.15) is 0 Å². The van der Waals surface area contributed by atoms with E-state index in [9.17, 15) is 0 Å². The van der Waals surface area contributed by atoms with Crippen molar-refractivity contribution < 1.29 is 0 Å². The van der Waals surface area contributed by atoms with Gasteiger partial charge in [-0.05, 0) is 44.4 Å². The van der Waals surface area contributed by atoms with E-state index in [1.165, 1.54) is 27.9 Å². The molecule has 0 aromatic heterocycles. The maximum Gasteiger partial charge on any atom is 0.0400 e. The van der Waals surface area contributed by atoms with Gasteiger partial charge in [-0.15, -0.1) is 0 Å². The van der Waals surface area contributed by atoms with Crippen LogP contribution in [0.4, 0.5) is 5.69 Å². The van der Waals surface area contributed by atoms with Gasteiger partial charge in [0.1, 0.15) is 0 Å². The summed E-state index contributed by atoms with van der Waals surface area (Å²) in [6.45, 7) is 10.6. The zero-order valence-electron chi connectivity index (χ0n) is 13.5. The van der Waals surface area contributed by atoms with E-state index in [1.54, 1.807) is 0 Å². The summed E-state index contributed by atoms with van der Waals surface area (Å²) in [4.78, 5) is 0. The Morgan fingerprint density at radius 1 is 0.905 bits per heavy atom. The Labute approximate surface area is 128 Å². The minimum atomic E-state index is 0.383. The number of anilines is 1. The largest absolute Gasteiger partial charge is 0.383 e. The normalized spacial score (nSPS) is 12.2. The van der Waals surface area contributed by atoms with Crippen molar-refractivity contribution in [3.63, 3.8) is 0 Å². The lowest BCUT2D eigenvalue weighted by Crippen LogP contribution is -2.25. The molecule has 2 rings (SSSR count). The summed E-state index contributed by atoms with van der Waals surface area (Å²) in [5.41, 5.74) is 6.58. The van der Waals surface area contributed by atoms with Crippen LogP contribution < -0.4 is 10.6 Å². The molecule has 0 heterocycles. The Kier molecular flexibility index (Phi) is 5.40. The van der Waals surface area contributed by atoms with E-state index < -0.39 is 0 Å².